The van der Waals surface area contributed by atoms with E-state index in [-0.39, 0.29) is 32.1 Å². The summed E-state index contributed by atoms with van der Waals surface area (Å²) in [5.41, 5.74) is -1.37. The minimum atomic E-state index is -4.75. The van der Waals surface area contributed by atoms with E-state index in [1.807, 2.05) is 0 Å². The van der Waals surface area contributed by atoms with Gasteiger partial charge in [-0.1, -0.05) is 11.6 Å². The molecule has 1 aliphatic heterocycles. The first kappa shape index (κ1) is 18.4. The Kier molecular flexibility index (Phi) is 5.28. The van der Waals surface area contributed by atoms with E-state index in [9.17, 15) is 18.0 Å². The Morgan fingerprint density at radius 1 is 1.15 bits per heavy atom. The number of benzene rings is 1. The Morgan fingerprint density at radius 3 is 2.42 bits per heavy atom. The van der Waals surface area contributed by atoms with Crippen LogP contribution in [0.1, 0.15) is 16.1 Å². The molecule has 0 unspecified atom stereocenters. The number of amides is 1. The molecule has 1 aromatic heterocycles. The van der Waals surface area contributed by atoms with Crippen molar-refractivity contribution in [3.8, 4) is 0 Å². The van der Waals surface area contributed by atoms with Gasteiger partial charge in [0.05, 0.1) is 18.8 Å². The first-order valence-corrected chi connectivity index (χ1v) is 8.07. The smallest absolute Gasteiger partial charge is 0.378 e. The molecular weight excluding hydrogens is 373 g/mol. The number of alkyl halides is 3. The Morgan fingerprint density at radius 2 is 1.81 bits per heavy atom. The van der Waals surface area contributed by atoms with Gasteiger partial charge in [-0.2, -0.15) is 13.2 Å². The number of carbonyl (C=O) groups is 1. The molecule has 2 heterocycles. The zero-order valence-electron chi connectivity index (χ0n) is 13.4. The zero-order valence-corrected chi connectivity index (χ0v) is 14.1. The lowest BCUT2D eigenvalue weighted by molar-refractivity contribution is -0.138. The molecule has 1 N–H and O–H groups in total. The van der Waals surface area contributed by atoms with E-state index < -0.39 is 23.3 Å². The van der Waals surface area contributed by atoms with E-state index >= 15 is 0 Å². The van der Waals surface area contributed by atoms with Crippen LogP contribution in [0, 0.1) is 0 Å². The number of morpholine rings is 1. The SMILES string of the molecule is O=C(c1nnc(Nc2ccc(Cl)cc2)cc1C(F)(F)F)N1CCOCC1. The number of ether oxygens (including phenoxy) is 1. The first-order chi connectivity index (χ1) is 12.3. The number of hydrogen-bond acceptors (Lipinski definition) is 5. The normalized spacial score (nSPS) is 15.0. The van der Waals surface area contributed by atoms with Crippen molar-refractivity contribution in [2.24, 2.45) is 0 Å². The van der Waals surface area contributed by atoms with Crippen LogP contribution in [0.15, 0.2) is 30.3 Å². The second kappa shape index (κ2) is 7.46. The highest BCUT2D eigenvalue weighted by molar-refractivity contribution is 6.30. The maximum absolute atomic E-state index is 13.4. The third-order valence-electron chi connectivity index (χ3n) is 3.72. The van der Waals surface area contributed by atoms with E-state index in [1.54, 1.807) is 24.3 Å². The van der Waals surface area contributed by atoms with Crippen molar-refractivity contribution in [2.75, 3.05) is 31.6 Å². The van der Waals surface area contributed by atoms with Crippen molar-refractivity contribution in [2.45, 2.75) is 6.18 Å². The number of anilines is 2. The summed E-state index contributed by atoms with van der Waals surface area (Å²) in [5, 5.41) is 10.5. The Hall–Kier alpha value is -2.39. The maximum atomic E-state index is 13.4. The van der Waals surface area contributed by atoms with Gasteiger partial charge in [0.15, 0.2) is 11.5 Å². The molecule has 1 fully saturated rings. The van der Waals surface area contributed by atoms with Gasteiger partial charge in [-0.05, 0) is 30.3 Å². The van der Waals surface area contributed by atoms with E-state index in [4.69, 9.17) is 16.3 Å². The number of carbonyl (C=O) groups excluding carboxylic acids is 1. The monoisotopic (exact) mass is 386 g/mol. The van der Waals surface area contributed by atoms with Crippen LogP contribution >= 0.6 is 11.6 Å². The fourth-order valence-corrected chi connectivity index (χ4v) is 2.55. The van der Waals surface area contributed by atoms with Crippen LogP contribution in [0.25, 0.3) is 0 Å². The van der Waals surface area contributed by atoms with Gasteiger partial charge in [0.1, 0.15) is 0 Å². The predicted molar refractivity (Wildman–Crippen MR) is 88.5 cm³/mol. The summed E-state index contributed by atoms with van der Waals surface area (Å²) in [4.78, 5) is 13.7. The van der Waals surface area contributed by atoms with Crippen LogP contribution in [-0.4, -0.2) is 47.3 Å². The molecule has 0 saturated carbocycles. The van der Waals surface area contributed by atoms with Gasteiger partial charge in [-0.25, -0.2) is 0 Å². The largest absolute Gasteiger partial charge is 0.418 e. The summed E-state index contributed by atoms with van der Waals surface area (Å²) >= 11 is 5.77. The molecule has 1 amide bonds. The van der Waals surface area contributed by atoms with Gasteiger partial charge >= 0.3 is 6.18 Å². The van der Waals surface area contributed by atoms with Crippen LogP contribution in [0.3, 0.4) is 0 Å². The minimum Gasteiger partial charge on any atom is -0.378 e. The number of nitrogens with zero attached hydrogens (tertiary/aromatic N) is 3. The second-order valence-corrected chi connectivity index (χ2v) is 5.96. The molecule has 1 saturated heterocycles. The summed E-state index contributed by atoms with van der Waals surface area (Å²) in [6.07, 6.45) is -4.75. The molecule has 1 aromatic carbocycles. The second-order valence-electron chi connectivity index (χ2n) is 5.53. The van der Waals surface area contributed by atoms with Crippen molar-refractivity contribution in [1.82, 2.24) is 15.1 Å². The lowest BCUT2D eigenvalue weighted by atomic mass is 10.1. The van der Waals surface area contributed by atoms with Gasteiger partial charge < -0.3 is 15.0 Å². The van der Waals surface area contributed by atoms with Crippen LogP contribution in [0.4, 0.5) is 24.7 Å². The molecule has 26 heavy (non-hydrogen) atoms. The highest BCUT2D eigenvalue weighted by Crippen LogP contribution is 2.33. The Labute approximate surface area is 151 Å². The molecular formula is C16H14ClF3N4O2. The van der Waals surface area contributed by atoms with E-state index in [1.165, 1.54) is 4.90 Å². The third kappa shape index (κ3) is 4.23. The molecule has 2 aromatic rings. The number of halogens is 4. The number of nitrogens with one attached hydrogen (secondary N) is 1. The highest BCUT2D eigenvalue weighted by Gasteiger charge is 2.38. The van der Waals surface area contributed by atoms with Gasteiger partial charge in [0.2, 0.25) is 0 Å². The molecule has 0 bridgehead atoms. The van der Waals surface area contributed by atoms with Crippen molar-refractivity contribution in [3.63, 3.8) is 0 Å². The molecule has 1 aliphatic rings. The fourth-order valence-electron chi connectivity index (χ4n) is 2.42. The minimum absolute atomic E-state index is 0.127. The van der Waals surface area contributed by atoms with Crippen molar-refractivity contribution >= 4 is 29.0 Å². The average molecular weight is 387 g/mol. The average Bonchev–Trinajstić information content (AvgIpc) is 2.63. The predicted octanol–water partition coefficient (Wildman–Crippen LogP) is 3.36. The number of hydrogen-bond donors (Lipinski definition) is 1. The van der Waals surface area contributed by atoms with Crippen LogP contribution in [0.2, 0.25) is 5.02 Å². The number of aromatic nitrogens is 2. The molecule has 3 rings (SSSR count). The zero-order chi connectivity index (χ0) is 18.7. The van der Waals surface area contributed by atoms with Crippen molar-refractivity contribution in [3.05, 3.63) is 46.6 Å². The Balaban J connectivity index is 1.90. The standard InChI is InChI=1S/C16H14ClF3N4O2/c17-10-1-3-11(4-2-10)21-13-9-12(16(18,19)20)14(23-22-13)15(25)24-5-7-26-8-6-24/h1-4,9H,5-8H2,(H,21,22). The lowest BCUT2D eigenvalue weighted by Crippen LogP contribution is -2.41. The lowest BCUT2D eigenvalue weighted by Gasteiger charge is -2.27. The molecule has 0 atom stereocenters. The first-order valence-electron chi connectivity index (χ1n) is 7.69. The summed E-state index contributed by atoms with van der Waals surface area (Å²) in [6.45, 7) is 0.971. The van der Waals surface area contributed by atoms with E-state index in [2.05, 4.69) is 15.5 Å². The van der Waals surface area contributed by atoms with Crippen LogP contribution in [-0.2, 0) is 10.9 Å². The van der Waals surface area contributed by atoms with Gasteiger partial charge in [0.25, 0.3) is 5.91 Å². The molecule has 138 valence electrons. The highest BCUT2D eigenvalue weighted by atomic mass is 35.5. The van der Waals surface area contributed by atoms with Gasteiger partial charge in [-0.15, -0.1) is 10.2 Å². The molecule has 0 radical (unpaired) electrons. The van der Waals surface area contributed by atoms with Crippen molar-refractivity contribution < 1.29 is 22.7 Å². The van der Waals surface area contributed by atoms with Crippen LogP contribution < -0.4 is 5.32 Å². The fraction of sp³-hybridized carbons (Fsp3) is 0.312. The van der Waals surface area contributed by atoms with Gasteiger partial charge in [0, 0.05) is 23.8 Å². The van der Waals surface area contributed by atoms with Crippen molar-refractivity contribution in [1.29, 1.82) is 0 Å². The number of rotatable bonds is 3. The Bertz CT molecular complexity index is 793. The molecule has 0 aliphatic carbocycles. The maximum Gasteiger partial charge on any atom is 0.418 e. The summed E-state index contributed by atoms with van der Waals surface area (Å²) in [7, 11) is 0. The quantitative estimate of drug-likeness (QED) is 0.876. The third-order valence-corrected chi connectivity index (χ3v) is 3.97. The molecule has 6 nitrogen and oxygen atoms in total. The van der Waals surface area contributed by atoms with Gasteiger partial charge in [-0.3, -0.25) is 4.79 Å². The van der Waals surface area contributed by atoms with E-state index in [0.717, 1.165) is 6.07 Å². The van der Waals surface area contributed by atoms with Crippen LogP contribution in [0.5, 0.6) is 0 Å². The topological polar surface area (TPSA) is 67.4 Å². The summed E-state index contributed by atoms with van der Waals surface area (Å²) < 4.78 is 45.4. The summed E-state index contributed by atoms with van der Waals surface area (Å²) in [5.74, 6) is -0.940. The molecule has 0 spiro atoms. The summed E-state index contributed by atoms with van der Waals surface area (Å²) in [6, 6.07) is 7.11. The van der Waals surface area contributed by atoms with E-state index in [0.29, 0.717) is 10.7 Å². The molecule has 10 heteroatoms.